The van der Waals surface area contributed by atoms with Crippen LogP contribution in [-0.4, -0.2) is 48.5 Å². The van der Waals surface area contributed by atoms with Crippen molar-refractivity contribution in [1.82, 2.24) is 9.88 Å². The van der Waals surface area contributed by atoms with Gasteiger partial charge in [0.05, 0.1) is 18.0 Å². The van der Waals surface area contributed by atoms with Gasteiger partial charge < -0.3 is 9.64 Å². The van der Waals surface area contributed by atoms with E-state index in [1.54, 1.807) is 6.07 Å². The van der Waals surface area contributed by atoms with E-state index in [1.165, 1.54) is 12.0 Å². The Bertz CT molecular complexity index is 721. The Morgan fingerprint density at radius 3 is 2.91 bits per heavy atom. The van der Waals surface area contributed by atoms with Gasteiger partial charge in [-0.2, -0.15) is 0 Å². The molecule has 1 aliphatic rings. The van der Waals surface area contributed by atoms with Crippen molar-refractivity contribution in [2.24, 2.45) is 5.92 Å². The van der Waals surface area contributed by atoms with Crippen molar-refractivity contribution < 1.29 is 18.3 Å². The van der Waals surface area contributed by atoms with Crippen molar-refractivity contribution in [2.75, 3.05) is 26.8 Å². The van der Waals surface area contributed by atoms with Crippen LogP contribution in [0, 0.1) is 5.92 Å². The van der Waals surface area contributed by atoms with Gasteiger partial charge in [-0.25, -0.2) is 13.8 Å². The first-order chi connectivity index (χ1) is 11.0. The lowest BCUT2D eigenvalue weighted by Crippen LogP contribution is -2.50. The number of aromatic nitrogens is 1. The van der Waals surface area contributed by atoms with Crippen LogP contribution in [-0.2, 0) is 4.74 Å². The summed E-state index contributed by atoms with van der Waals surface area (Å²) in [4.78, 5) is 18.4. The highest BCUT2D eigenvalue weighted by Gasteiger charge is 2.45. The first-order valence-corrected chi connectivity index (χ1v) is 7.53. The van der Waals surface area contributed by atoms with E-state index in [-0.39, 0.29) is 37.7 Å². The maximum atomic E-state index is 13.9. The molecule has 1 amide bonds. The molecule has 1 atom stereocenters. The molecule has 1 unspecified atom stereocenters. The van der Waals surface area contributed by atoms with Crippen molar-refractivity contribution in [3.05, 3.63) is 42.1 Å². The van der Waals surface area contributed by atoms with Crippen molar-refractivity contribution >= 4 is 16.8 Å². The summed E-state index contributed by atoms with van der Waals surface area (Å²) in [6.45, 7) is -0.0589. The first-order valence-electron chi connectivity index (χ1n) is 7.53. The van der Waals surface area contributed by atoms with E-state index in [2.05, 4.69) is 4.98 Å². The summed E-state index contributed by atoms with van der Waals surface area (Å²) in [7, 11) is 1.39. The lowest BCUT2D eigenvalue weighted by atomic mass is 9.94. The molecular formula is C17H18F2N2O2. The second-order valence-electron chi connectivity index (χ2n) is 5.80. The van der Waals surface area contributed by atoms with Crippen LogP contribution < -0.4 is 0 Å². The summed E-state index contributed by atoms with van der Waals surface area (Å²) in [5.74, 6) is -4.10. The van der Waals surface area contributed by atoms with E-state index >= 15 is 0 Å². The lowest BCUT2D eigenvalue weighted by Gasteiger charge is -2.37. The number of carbonyl (C=O) groups is 1. The fourth-order valence-corrected chi connectivity index (χ4v) is 2.89. The highest BCUT2D eigenvalue weighted by Crippen LogP contribution is 2.34. The van der Waals surface area contributed by atoms with Gasteiger partial charge in [0, 0.05) is 32.0 Å². The fourth-order valence-electron chi connectivity index (χ4n) is 2.89. The summed E-state index contributed by atoms with van der Waals surface area (Å²) in [5, 5.41) is 0.937. The number of amides is 1. The normalized spacial score (nSPS) is 20.7. The first kappa shape index (κ1) is 15.8. The molecule has 1 fully saturated rings. The number of pyridine rings is 1. The number of fused-ring (bicyclic) bond motifs is 1. The highest BCUT2D eigenvalue weighted by atomic mass is 19.3. The van der Waals surface area contributed by atoms with Crippen LogP contribution in [0.25, 0.3) is 10.9 Å². The van der Waals surface area contributed by atoms with Crippen molar-refractivity contribution in [1.29, 1.82) is 0 Å². The number of benzene rings is 1. The van der Waals surface area contributed by atoms with E-state index in [1.807, 2.05) is 30.3 Å². The molecule has 2 heterocycles. The fraction of sp³-hybridized carbons (Fsp3) is 0.412. The highest BCUT2D eigenvalue weighted by molar-refractivity contribution is 5.95. The predicted octanol–water partition coefficient (Wildman–Crippen LogP) is 2.98. The number of nitrogens with zero attached hydrogens (tertiary/aromatic N) is 2. The van der Waals surface area contributed by atoms with E-state index in [0.29, 0.717) is 5.52 Å². The number of para-hydroxylation sites is 1. The van der Waals surface area contributed by atoms with Gasteiger partial charge in [-0.05, 0) is 12.1 Å². The van der Waals surface area contributed by atoms with Crippen molar-refractivity contribution in [2.45, 2.75) is 12.3 Å². The summed E-state index contributed by atoms with van der Waals surface area (Å²) < 4.78 is 32.6. The number of carbonyl (C=O) groups excluding carboxylic acids is 1. The number of methoxy groups -OCH3 is 1. The molecule has 0 aliphatic carbocycles. The number of halogens is 2. The third-order valence-electron chi connectivity index (χ3n) is 4.23. The third kappa shape index (κ3) is 3.17. The zero-order valence-corrected chi connectivity index (χ0v) is 12.8. The molecule has 0 spiro atoms. The minimum Gasteiger partial charge on any atom is -0.384 e. The van der Waals surface area contributed by atoms with Gasteiger partial charge in [-0.3, -0.25) is 4.79 Å². The number of hydrogen-bond acceptors (Lipinski definition) is 3. The van der Waals surface area contributed by atoms with Gasteiger partial charge in [-0.15, -0.1) is 0 Å². The lowest BCUT2D eigenvalue weighted by molar-refractivity contribution is -0.118. The van der Waals surface area contributed by atoms with Crippen LogP contribution in [0.15, 0.2) is 36.4 Å². The summed E-state index contributed by atoms with van der Waals surface area (Å²) in [6, 6.07) is 10.9. The monoisotopic (exact) mass is 320 g/mol. The molecule has 1 aromatic carbocycles. The molecule has 0 saturated carbocycles. The minimum absolute atomic E-state index is 0.0197. The molecule has 1 saturated heterocycles. The molecule has 0 N–H and O–H groups in total. The number of rotatable bonds is 3. The van der Waals surface area contributed by atoms with Crippen LogP contribution >= 0.6 is 0 Å². The maximum Gasteiger partial charge on any atom is 0.272 e. The number of hydrogen-bond donors (Lipinski definition) is 0. The molecular weight excluding hydrogens is 302 g/mol. The van der Waals surface area contributed by atoms with Crippen LogP contribution in [0.1, 0.15) is 16.9 Å². The van der Waals surface area contributed by atoms with E-state index in [0.717, 1.165) is 5.39 Å². The summed E-state index contributed by atoms with van der Waals surface area (Å²) >= 11 is 0. The molecule has 0 radical (unpaired) electrons. The van der Waals surface area contributed by atoms with Gasteiger partial charge in [0.1, 0.15) is 5.69 Å². The average Bonchev–Trinajstić information content (AvgIpc) is 2.56. The quantitative estimate of drug-likeness (QED) is 0.873. The van der Waals surface area contributed by atoms with Gasteiger partial charge in [0.15, 0.2) is 0 Å². The topological polar surface area (TPSA) is 42.4 Å². The minimum atomic E-state index is -2.80. The summed E-state index contributed by atoms with van der Waals surface area (Å²) in [5.41, 5.74) is 0.999. The van der Waals surface area contributed by atoms with Gasteiger partial charge >= 0.3 is 0 Å². The number of piperidine rings is 1. The van der Waals surface area contributed by atoms with Crippen LogP contribution in [0.3, 0.4) is 0 Å². The number of likely N-dealkylation sites (tertiary alicyclic amines) is 1. The van der Waals surface area contributed by atoms with E-state index in [4.69, 9.17) is 4.74 Å². The van der Waals surface area contributed by atoms with E-state index in [9.17, 15) is 13.6 Å². The second kappa shape index (κ2) is 6.20. The predicted molar refractivity (Wildman–Crippen MR) is 82.6 cm³/mol. The largest absolute Gasteiger partial charge is 0.384 e. The van der Waals surface area contributed by atoms with Crippen LogP contribution in [0.4, 0.5) is 8.78 Å². The van der Waals surface area contributed by atoms with Gasteiger partial charge in [0.2, 0.25) is 0 Å². The number of alkyl halides is 2. The molecule has 1 aliphatic heterocycles. The molecule has 23 heavy (non-hydrogen) atoms. The Balaban J connectivity index is 1.81. The van der Waals surface area contributed by atoms with E-state index < -0.39 is 11.8 Å². The van der Waals surface area contributed by atoms with Crippen molar-refractivity contribution in [3.63, 3.8) is 0 Å². The van der Waals surface area contributed by atoms with Crippen LogP contribution in [0.5, 0.6) is 0 Å². The zero-order valence-electron chi connectivity index (χ0n) is 12.8. The Hall–Kier alpha value is -2.08. The Morgan fingerprint density at radius 1 is 1.35 bits per heavy atom. The third-order valence-corrected chi connectivity index (χ3v) is 4.23. The smallest absolute Gasteiger partial charge is 0.272 e. The molecule has 2 aromatic rings. The Kier molecular flexibility index (Phi) is 4.26. The SMILES string of the molecule is COCC1CN(C(=O)c2ccc3ccccc3n2)CCC1(F)F. The maximum absolute atomic E-state index is 13.9. The number of ether oxygens (including phenoxy) is 1. The Labute approximate surface area is 133 Å². The van der Waals surface area contributed by atoms with Gasteiger partial charge in [0.25, 0.3) is 11.8 Å². The zero-order chi connectivity index (χ0) is 16.4. The van der Waals surface area contributed by atoms with Crippen molar-refractivity contribution in [3.8, 4) is 0 Å². The standard InChI is InChI=1S/C17H18F2N2O2/c1-23-11-13-10-21(9-8-17(13,18)19)16(22)15-7-6-12-4-2-3-5-14(12)20-15/h2-7,13H,8-11H2,1H3. The summed E-state index contributed by atoms with van der Waals surface area (Å²) in [6.07, 6.45) is -0.347. The van der Waals surface area contributed by atoms with Crippen LogP contribution in [0.2, 0.25) is 0 Å². The molecule has 3 rings (SSSR count). The average molecular weight is 320 g/mol. The van der Waals surface area contributed by atoms with Gasteiger partial charge in [-0.1, -0.05) is 24.3 Å². The molecule has 1 aromatic heterocycles. The Morgan fingerprint density at radius 2 is 2.13 bits per heavy atom. The molecule has 0 bridgehead atoms. The molecule has 122 valence electrons. The molecule has 6 heteroatoms. The second-order valence-corrected chi connectivity index (χ2v) is 5.80. The molecule has 4 nitrogen and oxygen atoms in total.